The van der Waals surface area contributed by atoms with Crippen molar-refractivity contribution in [3.8, 4) is 11.5 Å². The van der Waals surface area contributed by atoms with E-state index in [0.29, 0.717) is 31.3 Å². The first-order valence-electron chi connectivity index (χ1n) is 8.99. The molecule has 0 heterocycles. The maximum Gasteiger partial charge on any atom is 0.303 e. The van der Waals surface area contributed by atoms with Gasteiger partial charge in [-0.1, -0.05) is 36.4 Å². The Kier molecular flexibility index (Phi) is 8.16. The molecule has 2 N–H and O–H groups in total. The van der Waals surface area contributed by atoms with Crippen molar-refractivity contribution in [2.75, 3.05) is 13.2 Å². The molecule has 2 aromatic carbocycles. The zero-order valence-electron chi connectivity index (χ0n) is 15.4. The lowest BCUT2D eigenvalue weighted by Crippen LogP contribution is -2.23. The van der Waals surface area contributed by atoms with E-state index in [1.54, 1.807) is 0 Å². The number of carbonyl (C=O) groups is 2. The summed E-state index contributed by atoms with van der Waals surface area (Å²) in [5, 5.41) is 11.3. The Bertz CT molecular complexity index is 745. The third-order valence-electron chi connectivity index (χ3n) is 3.85. The summed E-state index contributed by atoms with van der Waals surface area (Å²) >= 11 is 0. The van der Waals surface area contributed by atoms with Gasteiger partial charge in [0, 0.05) is 19.4 Å². The van der Waals surface area contributed by atoms with Crippen LogP contribution in [0.25, 0.3) is 0 Å². The molecule has 2 aromatic rings. The molecule has 0 saturated carbocycles. The maximum atomic E-state index is 11.6. The number of carbonyl (C=O) groups excluding carboxylic acids is 1. The number of hydrogen-bond donors (Lipinski definition) is 2. The van der Waals surface area contributed by atoms with Gasteiger partial charge in [0.25, 0.3) is 0 Å². The molecular weight excluding hydrogens is 346 g/mol. The van der Waals surface area contributed by atoms with E-state index >= 15 is 0 Å². The summed E-state index contributed by atoms with van der Waals surface area (Å²) in [6.45, 7) is 3.25. The first-order chi connectivity index (χ1) is 13.1. The van der Waals surface area contributed by atoms with Gasteiger partial charge < -0.3 is 19.9 Å². The fraction of sp³-hybridized carbons (Fsp3) is 0.333. The molecule has 27 heavy (non-hydrogen) atoms. The highest BCUT2D eigenvalue weighted by Crippen LogP contribution is 2.28. The molecule has 0 bridgehead atoms. The van der Waals surface area contributed by atoms with Crippen molar-refractivity contribution < 1.29 is 24.2 Å². The summed E-state index contributed by atoms with van der Waals surface area (Å²) in [7, 11) is 0. The van der Waals surface area contributed by atoms with E-state index in [-0.39, 0.29) is 18.7 Å². The first-order valence-corrected chi connectivity index (χ1v) is 8.99. The normalized spacial score (nSPS) is 10.3. The highest BCUT2D eigenvalue weighted by atomic mass is 16.5. The average Bonchev–Trinajstić information content (AvgIpc) is 2.67. The standard InChI is InChI=1S/C21H25NO5/c1-2-26-19-14-17(15-22-20(23)10-11-21(24)25)8-9-18(19)27-13-12-16-6-4-3-5-7-16/h3-9,14H,2,10-13,15H2,1H3,(H,22,23)(H,24,25). The number of hydrogen-bond acceptors (Lipinski definition) is 4. The predicted molar refractivity (Wildman–Crippen MR) is 102 cm³/mol. The molecular formula is C21H25NO5. The zero-order valence-corrected chi connectivity index (χ0v) is 15.4. The van der Waals surface area contributed by atoms with Gasteiger partial charge in [0.05, 0.1) is 19.6 Å². The van der Waals surface area contributed by atoms with Crippen LogP contribution in [-0.2, 0) is 22.6 Å². The lowest BCUT2D eigenvalue weighted by atomic mass is 10.1. The molecule has 0 aromatic heterocycles. The number of benzene rings is 2. The number of ether oxygens (including phenoxy) is 2. The monoisotopic (exact) mass is 371 g/mol. The fourth-order valence-corrected chi connectivity index (χ4v) is 2.48. The molecule has 144 valence electrons. The van der Waals surface area contributed by atoms with Gasteiger partial charge in [-0.2, -0.15) is 0 Å². The Morgan fingerprint density at radius 1 is 0.963 bits per heavy atom. The molecule has 0 spiro atoms. The maximum absolute atomic E-state index is 11.6. The third kappa shape index (κ3) is 7.40. The molecule has 6 nitrogen and oxygen atoms in total. The van der Waals surface area contributed by atoms with Gasteiger partial charge in [-0.15, -0.1) is 0 Å². The largest absolute Gasteiger partial charge is 0.490 e. The molecule has 0 radical (unpaired) electrons. The van der Waals surface area contributed by atoms with Crippen molar-refractivity contribution >= 4 is 11.9 Å². The van der Waals surface area contributed by atoms with Crippen molar-refractivity contribution in [3.63, 3.8) is 0 Å². The molecule has 6 heteroatoms. The lowest BCUT2D eigenvalue weighted by molar-refractivity contribution is -0.138. The Morgan fingerprint density at radius 2 is 1.74 bits per heavy atom. The molecule has 2 rings (SSSR count). The minimum absolute atomic E-state index is 0.0334. The second-order valence-electron chi connectivity index (χ2n) is 5.97. The molecule has 0 aliphatic rings. The first kappa shape index (κ1) is 20.3. The number of aliphatic carboxylic acids is 1. The molecule has 0 unspecified atom stereocenters. The number of carboxylic acid groups (broad SMARTS) is 1. The van der Waals surface area contributed by atoms with Crippen LogP contribution in [0.4, 0.5) is 0 Å². The third-order valence-corrected chi connectivity index (χ3v) is 3.85. The van der Waals surface area contributed by atoms with Gasteiger partial charge in [-0.3, -0.25) is 9.59 Å². The van der Waals surface area contributed by atoms with E-state index in [0.717, 1.165) is 12.0 Å². The number of nitrogens with one attached hydrogen (secondary N) is 1. The van der Waals surface area contributed by atoms with Crippen molar-refractivity contribution in [2.24, 2.45) is 0 Å². The van der Waals surface area contributed by atoms with Gasteiger partial charge in [-0.05, 0) is 30.2 Å². The molecule has 1 amide bonds. The van der Waals surface area contributed by atoms with Gasteiger partial charge in [0.15, 0.2) is 11.5 Å². The Hall–Kier alpha value is -3.02. The van der Waals surface area contributed by atoms with E-state index in [4.69, 9.17) is 14.6 Å². The minimum Gasteiger partial charge on any atom is -0.490 e. The summed E-state index contributed by atoms with van der Waals surface area (Å²) in [6, 6.07) is 15.6. The van der Waals surface area contributed by atoms with Crippen LogP contribution in [0, 0.1) is 0 Å². The highest BCUT2D eigenvalue weighted by molar-refractivity contribution is 5.80. The van der Waals surface area contributed by atoms with Crippen LogP contribution in [0.1, 0.15) is 30.9 Å². The SMILES string of the molecule is CCOc1cc(CNC(=O)CCC(=O)O)ccc1OCCc1ccccc1. The van der Waals surface area contributed by atoms with Crippen LogP contribution >= 0.6 is 0 Å². The van der Waals surface area contributed by atoms with Crippen molar-refractivity contribution in [1.29, 1.82) is 0 Å². The summed E-state index contributed by atoms with van der Waals surface area (Å²) in [6.07, 6.45) is 0.590. The fourth-order valence-electron chi connectivity index (χ4n) is 2.48. The summed E-state index contributed by atoms with van der Waals surface area (Å²) in [5.41, 5.74) is 2.06. The van der Waals surface area contributed by atoms with Crippen LogP contribution in [0.2, 0.25) is 0 Å². The van der Waals surface area contributed by atoms with E-state index in [1.807, 2.05) is 43.3 Å². The van der Waals surface area contributed by atoms with Crippen LogP contribution in [0.5, 0.6) is 11.5 Å². The Balaban J connectivity index is 1.90. The molecule has 0 aliphatic heterocycles. The summed E-state index contributed by atoms with van der Waals surface area (Å²) < 4.78 is 11.5. The molecule has 0 atom stereocenters. The predicted octanol–water partition coefficient (Wildman–Crippen LogP) is 3.19. The second kappa shape index (κ2) is 10.9. The number of rotatable bonds is 11. The van der Waals surface area contributed by atoms with Crippen molar-refractivity contribution in [2.45, 2.75) is 32.7 Å². The topological polar surface area (TPSA) is 84.9 Å². The second-order valence-corrected chi connectivity index (χ2v) is 5.97. The van der Waals surface area contributed by atoms with E-state index < -0.39 is 5.97 Å². The van der Waals surface area contributed by atoms with E-state index in [1.165, 1.54) is 5.56 Å². The Morgan fingerprint density at radius 3 is 2.44 bits per heavy atom. The molecule has 0 aliphatic carbocycles. The Labute approximate surface area is 159 Å². The lowest BCUT2D eigenvalue weighted by Gasteiger charge is -2.14. The summed E-state index contributed by atoms with van der Waals surface area (Å²) in [4.78, 5) is 22.1. The van der Waals surface area contributed by atoms with Crippen LogP contribution in [0.3, 0.4) is 0 Å². The number of amides is 1. The number of carboxylic acids is 1. The van der Waals surface area contributed by atoms with Crippen LogP contribution < -0.4 is 14.8 Å². The smallest absolute Gasteiger partial charge is 0.303 e. The van der Waals surface area contributed by atoms with Gasteiger partial charge in [0.1, 0.15) is 0 Å². The molecule has 0 saturated heterocycles. The van der Waals surface area contributed by atoms with Crippen LogP contribution in [0.15, 0.2) is 48.5 Å². The van der Waals surface area contributed by atoms with Gasteiger partial charge in [0.2, 0.25) is 5.91 Å². The highest BCUT2D eigenvalue weighted by Gasteiger charge is 2.09. The van der Waals surface area contributed by atoms with Crippen molar-refractivity contribution in [1.82, 2.24) is 5.32 Å². The van der Waals surface area contributed by atoms with E-state index in [9.17, 15) is 9.59 Å². The zero-order chi connectivity index (χ0) is 19.5. The average molecular weight is 371 g/mol. The van der Waals surface area contributed by atoms with E-state index in [2.05, 4.69) is 17.4 Å². The van der Waals surface area contributed by atoms with Crippen molar-refractivity contribution in [3.05, 3.63) is 59.7 Å². The van der Waals surface area contributed by atoms with Crippen LogP contribution in [-0.4, -0.2) is 30.2 Å². The van der Waals surface area contributed by atoms with Gasteiger partial charge in [-0.25, -0.2) is 0 Å². The summed E-state index contributed by atoms with van der Waals surface area (Å²) in [5.74, 6) is 0.0101. The van der Waals surface area contributed by atoms with Gasteiger partial charge >= 0.3 is 5.97 Å². The molecule has 0 fully saturated rings. The quantitative estimate of drug-likeness (QED) is 0.634. The minimum atomic E-state index is -0.985.